The molecule has 184 valence electrons. The molecule has 34 heavy (non-hydrogen) atoms. The smallest absolute Gasteiger partial charge is 0.305 e. The van der Waals surface area contributed by atoms with Gasteiger partial charge in [0.2, 0.25) is 16.0 Å². The number of aromatic nitrogens is 2. The SMILES string of the molecule is CC(=Cc1c(-c2ccc(F)cc2)nc(N(C)S(C)(=O)=O)nc1C(C)C)C(=O)C[C@@H](O)CC(=O)O. The third-order valence-electron chi connectivity index (χ3n) is 5.04. The molecule has 0 saturated carbocycles. The lowest BCUT2D eigenvalue weighted by molar-refractivity contribution is -0.139. The van der Waals surface area contributed by atoms with Crippen LogP contribution in [0.25, 0.3) is 17.3 Å². The van der Waals surface area contributed by atoms with E-state index in [4.69, 9.17) is 5.11 Å². The lowest BCUT2D eigenvalue weighted by atomic mass is 9.95. The van der Waals surface area contributed by atoms with E-state index in [1.807, 2.05) is 13.8 Å². The Bertz CT molecular complexity index is 1210. The van der Waals surface area contributed by atoms with Gasteiger partial charge in [-0.25, -0.2) is 27.1 Å². The molecule has 1 heterocycles. The number of carboxylic acid groups (broad SMARTS) is 1. The third kappa shape index (κ3) is 6.91. The van der Waals surface area contributed by atoms with Crippen LogP contribution in [0.3, 0.4) is 0 Å². The second-order valence-corrected chi connectivity index (χ2v) is 10.3. The molecule has 11 heteroatoms. The number of halogens is 1. The molecular weight excluding hydrogens is 465 g/mol. The molecule has 0 aliphatic carbocycles. The summed E-state index contributed by atoms with van der Waals surface area (Å²) in [5.41, 5.74) is 1.89. The molecule has 2 aromatic rings. The van der Waals surface area contributed by atoms with Gasteiger partial charge >= 0.3 is 5.97 Å². The van der Waals surface area contributed by atoms with Gasteiger partial charge in [0.15, 0.2) is 5.78 Å². The molecule has 0 aliphatic rings. The van der Waals surface area contributed by atoms with Gasteiger partial charge in [0.1, 0.15) is 5.82 Å². The van der Waals surface area contributed by atoms with E-state index in [1.165, 1.54) is 44.3 Å². The van der Waals surface area contributed by atoms with Gasteiger partial charge in [0.05, 0.1) is 30.2 Å². The number of sulfonamides is 1. The van der Waals surface area contributed by atoms with Crippen LogP contribution < -0.4 is 4.31 Å². The number of Topliss-reactive ketones (excluding diaryl/α,β-unsaturated/α-hetero) is 1. The van der Waals surface area contributed by atoms with Crippen LogP contribution in [0.15, 0.2) is 29.8 Å². The number of rotatable bonds is 10. The number of aliphatic hydroxyl groups excluding tert-OH is 1. The number of anilines is 1. The molecule has 2 rings (SSSR count). The quantitative estimate of drug-likeness (QED) is 0.482. The molecular formula is C23H28FN3O6S. The molecule has 0 radical (unpaired) electrons. The highest BCUT2D eigenvalue weighted by molar-refractivity contribution is 7.92. The van der Waals surface area contributed by atoms with E-state index in [0.717, 1.165) is 10.6 Å². The second-order valence-electron chi connectivity index (χ2n) is 8.27. The van der Waals surface area contributed by atoms with E-state index in [-0.39, 0.29) is 23.9 Å². The Hall–Kier alpha value is -3.18. The molecule has 9 nitrogen and oxygen atoms in total. The Morgan fingerprint density at radius 3 is 2.24 bits per heavy atom. The normalized spacial score (nSPS) is 13.1. The van der Waals surface area contributed by atoms with Crippen molar-refractivity contribution in [1.29, 1.82) is 0 Å². The lowest BCUT2D eigenvalue weighted by Gasteiger charge is -2.20. The average Bonchev–Trinajstić information content (AvgIpc) is 2.72. The van der Waals surface area contributed by atoms with Crippen molar-refractivity contribution in [2.45, 2.75) is 45.6 Å². The largest absolute Gasteiger partial charge is 0.481 e. The Labute approximate surface area is 198 Å². The lowest BCUT2D eigenvalue weighted by Crippen LogP contribution is -2.27. The van der Waals surface area contributed by atoms with Gasteiger partial charge in [-0.3, -0.25) is 9.59 Å². The summed E-state index contributed by atoms with van der Waals surface area (Å²) in [7, 11) is -2.36. The molecule has 1 aromatic heterocycles. The fourth-order valence-electron chi connectivity index (χ4n) is 3.12. The van der Waals surface area contributed by atoms with Crippen LogP contribution in [0.1, 0.15) is 50.8 Å². The molecule has 1 atom stereocenters. The summed E-state index contributed by atoms with van der Waals surface area (Å²) in [5, 5.41) is 18.6. The molecule has 1 aromatic carbocycles. The van der Waals surface area contributed by atoms with Crippen LogP contribution in [-0.2, 0) is 19.6 Å². The molecule has 0 unspecified atom stereocenters. The van der Waals surface area contributed by atoms with E-state index in [2.05, 4.69) is 9.97 Å². The number of carboxylic acids is 1. The number of benzene rings is 1. The fourth-order valence-corrected chi connectivity index (χ4v) is 3.50. The van der Waals surface area contributed by atoms with Crippen LogP contribution in [0.2, 0.25) is 0 Å². The number of hydrogen-bond donors (Lipinski definition) is 2. The highest BCUT2D eigenvalue weighted by Crippen LogP contribution is 2.32. The molecule has 0 fully saturated rings. The predicted octanol–water partition coefficient (Wildman–Crippen LogP) is 3.00. The molecule has 0 bridgehead atoms. The molecule has 2 N–H and O–H groups in total. The Balaban J connectivity index is 2.71. The summed E-state index contributed by atoms with van der Waals surface area (Å²) >= 11 is 0. The number of ketones is 1. The number of aliphatic hydroxyl groups is 1. The maximum atomic E-state index is 13.6. The van der Waals surface area contributed by atoms with Crippen molar-refractivity contribution in [1.82, 2.24) is 9.97 Å². The van der Waals surface area contributed by atoms with Crippen LogP contribution in [0, 0.1) is 5.82 Å². The summed E-state index contributed by atoms with van der Waals surface area (Å²) in [6.45, 7) is 5.20. The van der Waals surface area contributed by atoms with E-state index in [9.17, 15) is 27.5 Å². The van der Waals surface area contributed by atoms with Gasteiger partial charge in [0, 0.05) is 24.6 Å². The van der Waals surface area contributed by atoms with E-state index in [0.29, 0.717) is 22.5 Å². The number of carbonyl (C=O) groups excluding carboxylic acids is 1. The number of nitrogens with zero attached hydrogens (tertiary/aromatic N) is 3. The van der Waals surface area contributed by atoms with E-state index < -0.39 is 40.1 Å². The van der Waals surface area contributed by atoms with E-state index in [1.54, 1.807) is 0 Å². The van der Waals surface area contributed by atoms with Crippen molar-refractivity contribution in [3.05, 3.63) is 46.9 Å². The van der Waals surface area contributed by atoms with Crippen molar-refractivity contribution < 1.29 is 32.6 Å². The highest BCUT2D eigenvalue weighted by Gasteiger charge is 2.23. The van der Waals surface area contributed by atoms with Crippen molar-refractivity contribution in [3.63, 3.8) is 0 Å². The van der Waals surface area contributed by atoms with Crippen molar-refractivity contribution >= 4 is 33.8 Å². The zero-order chi connectivity index (χ0) is 25.8. The van der Waals surface area contributed by atoms with Crippen molar-refractivity contribution in [2.75, 3.05) is 17.6 Å². The predicted molar refractivity (Wildman–Crippen MR) is 126 cm³/mol. The van der Waals surface area contributed by atoms with Crippen LogP contribution >= 0.6 is 0 Å². The minimum Gasteiger partial charge on any atom is -0.481 e. The fraction of sp³-hybridized carbons (Fsp3) is 0.391. The topological polar surface area (TPSA) is 138 Å². The zero-order valence-electron chi connectivity index (χ0n) is 19.6. The first-order valence-electron chi connectivity index (χ1n) is 10.4. The van der Waals surface area contributed by atoms with Crippen molar-refractivity contribution in [3.8, 4) is 11.3 Å². The number of allylic oxidation sites excluding steroid dienone is 1. The maximum Gasteiger partial charge on any atom is 0.305 e. The second kappa shape index (κ2) is 10.8. The zero-order valence-corrected chi connectivity index (χ0v) is 20.4. The monoisotopic (exact) mass is 493 g/mol. The van der Waals surface area contributed by atoms with E-state index >= 15 is 0 Å². The first-order chi connectivity index (χ1) is 15.7. The van der Waals surface area contributed by atoms with Gasteiger partial charge < -0.3 is 10.2 Å². The van der Waals surface area contributed by atoms with Crippen LogP contribution in [0.4, 0.5) is 10.3 Å². The van der Waals surface area contributed by atoms with Crippen molar-refractivity contribution in [2.24, 2.45) is 0 Å². The first-order valence-corrected chi connectivity index (χ1v) is 12.3. The van der Waals surface area contributed by atoms with Gasteiger partial charge in [-0.05, 0) is 48.8 Å². The van der Waals surface area contributed by atoms with Gasteiger partial charge in [-0.2, -0.15) is 0 Å². The highest BCUT2D eigenvalue weighted by atomic mass is 32.2. The third-order valence-corrected chi connectivity index (χ3v) is 6.20. The Morgan fingerprint density at radius 2 is 1.74 bits per heavy atom. The summed E-state index contributed by atoms with van der Waals surface area (Å²) in [5.74, 6) is -2.44. The molecule has 0 amide bonds. The Kier molecular flexibility index (Phi) is 8.62. The summed E-state index contributed by atoms with van der Waals surface area (Å²) in [6.07, 6.45) is 0.257. The van der Waals surface area contributed by atoms with Gasteiger partial charge in [0.25, 0.3) is 0 Å². The summed E-state index contributed by atoms with van der Waals surface area (Å²) in [6, 6.07) is 5.44. The summed E-state index contributed by atoms with van der Waals surface area (Å²) in [4.78, 5) is 32.3. The molecule has 0 aliphatic heterocycles. The van der Waals surface area contributed by atoms with Gasteiger partial charge in [-0.15, -0.1) is 0 Å². The number of hydrogen-bond acceptors (Lipinski definition) is 7. The maximum absolute atomic E-state index is 13.6. The molecule has 0 spiro atoms. The summed E-state index contributed by atoms with van der Waals surface area (Å²) < 4.78 is 38.7. The Morgan fingerprint density at radius 1 is 1.15 bits per heavy atom. The average molecular weight is 494 g/mol. The number of aliphatic carboxylic acids is 1. The van der Waals surface area contributed by atoms with Gasteiger partial charge in [-0.1, -0.05) is 13.8 Å². The first kappa shape index (κ1) is 27.1. The number of carbonyl (C=O) groups is 2. The minimum atomic E-state index is -3.67. The minimum absolute atomic E-state index is 0.0801. The van der Waals surface area contributed by atoms with Crippen LogP contribution in [-0.4, -0.2) is 59.8 Å². The molecule has 0 saturated heterocycles. The van der Waals surface area contributed by atoms with Crippen LogP contribution in [0.5, 0.6) is 0 Å². The standard InChI is InChI=1S/C23H28FN3O6S/c1-13(2)21-18(10-14(3)19(29)11-17(28)12-20(30)31)22(15-6-8-16(24)9-7-15)26-23(25-21)27(4)34(5,32)33/h6-10,13,17,28H,11-12H2,1-5H3,(H,30,31)/t17-/m1/s1.